The fourth-order valence-corrected chi connectivity index (χ4v) is 6.78. The van der Waals surface area contributed by atoms with Crippen LogP contribution in [0.15, 0.2) is 45.9 Å². The molecule has 0 N–H and O–H groups in total. The van der Waals surface area contributed by atoms with Gasteiger partial charge in [-0.2, -0.15) is 14.4 Å². The molecule has 5 rings (SSSR count). The number of piperidine rings is 1. The molecule has 0 unspecified atom stereocenters. The lowest BCUT2D eigenvalue weighted by molar-refractivity contribution is 0.197. The molecule has 2 bridgehead atoms. The molecule has 8 nitrogen and oxygen atoms in total. The Balaban J connectivity index is 1.54. The van der Waals surface area contributed by atoms with Gasteiger partial charge in [-0.15, -0.1) is 0 Å². The quantitative estimate of drug-likeness (QED) is 0.616. The number of fused-ring (bicyclic) bond motifs is 2. The van der Waals surface area contributed by atoms with Crippen molar-refractivity contribution in [3.63, 3.8) is 0 Å². The second kappa shape index (κ2) is 7.02. The van der Waals surface area contributed by atoms with Gasteiger partial charge in [0.25, 0.3) is 0 Å². The van der Waals surface area contributed by atoms with Gasteiger partial charge >= 0.3 is 0 Å². The number of nitrogens with zero attached hydrogens (tertiary/aromatic N) is 5. The highest BCUT2D eigenvalue weighted by atomic mass is 32.2. The minimum atomic E-state index is -3.74. The standard InChI is InChI=1S/C21H25N5O3S/c1-13(2)25-12-18(14(3)23-25)30(27,28)26-17-10-9-16(11-17)19(26)21-22-20(24-29-21)15-7-5-4-6-8-15/h4-8,12-13,16-17,19H,9-11H2,1-3H3/t16-,17-,19-/m0/s1. The molecule has 3 heterocycles. The summed E-state index contributed by atoms with van der Waals surface area (Å²) in [6.45, 7) is 5.70. The molecule has 1 aliphatic heterocycles. The van der Waals surface area contributed by atoms with E-state index in [4.69, 9.17) is 4.52 Å². The molecule has 1 saturated carbocycles. The van der Waals surface area contributed by atoms with E-state index in [1.54, 1.807) is 22.1 Å². The molecule has 1 aromatic carbocycles. The van der Waals surface area contributed by atoms with Crippen LogP contribution in [0, 0.1) is 12.8 Å². The van der Waals surface area contributed by atoms with Gasteiger partial charge in [0.1, 0.15) is 10.9 Å². The zero-order chi connectivity index (χ0) is 21.0. The Hall–Kier alpha value is -2.52. The summed E-state index contributed by atoms with van der Waals surface area (Å²) in [5, 5.41) is 8.54. The molecular formula is C21H25N5O3S. The van der Waals surface area contributed by atoms with Gasteiger partial charge in [0.15, 0.2) is 0 Å². The van der Waals surface area contributed by atoms with E-state index in [9.17, 15) is 8.42 Å². The molecule has 3 aromatic rings. The average Bonchev–Trinajstić information content (AvgIpc) is 3.50. The van der Waals surface area contributed by atoms with Gasteiger partial charge in [-0.1, -0.05) is 35.5 Å². The summed E-state index contributed by atoms with van der Waals surface area (Å²) in [4.78, 5) is 4.85. The first-order valence-corrected chi connectivity index (χ1v) is 11.8. The van der Waals surface area contributed by atoms with E-state index in [0.717, 1.165) is 24.8 Å². The van der Waals surface area contributed by atoms with E-state index in [0.29, 0.717) is 17.4 Å². The highest BCUT2D eigenvalue weighted by molar-refractivity contribution is 7.89. The Kier molecular flexibility index (Phi) is 4.55. The molecule has 0 spiro atoms. The van der Waals surface area contributed by atoms with Crippen LogP contribution in [0.4, 0.5) is 0 Å². The molecule has 2 fully saturated rings. The molecular weight excluding hydrogens is 402 g/mol. The van der Waals surface area contributed by atoms with E-state index in [2.05, 4.69) is 15.2 Å². The van der Waals surface area contributed by atoms with Crippen LogP contribution in [0.1, 0.15) is 56.8 Å². The minimum absolute atomic E-state index is 0.0427. The first-order valence-electron chi connectivity index (χ1n) is 10.3. The van der Waals surface area contributed by atoms with Crippen LogP contribution in [0.5, 0.6) is 0 Å². The third-order valence-electron chi connectivity index (χ3n) is 6.21. The summed E-state index contributed by atoms with van der Waals surface area (Å²) in [5.41, 5.74) is 1.36. The summed E-state index contributed by atoms with van der Waals surface area (Å²) >= 11 is 0. The van der Waals surface area contributed by atoms with Gasteiger partial charge in [0.05, 0.1) is 5.69 Å². The van der Waals surface area contributed by atoms with Gasteiger partial charge in [0.2, 0.25) is 21.7 Å². The number of sulfonamides is 1. The molecule has 30 heavy (non-hydrogen) atoms. The van der Waals surface area contributed by atoms with Crippen LogP contribution in [0.2, 0.25) is 0 Å². The van der Waals surface area contributed by atoms with E-state index in [1.807, 2.05) is 44.2 Å². The number of rotatable bonds is 5. The van der Waals surface area contributed by atoms with E-state index in [-0.39, 0.29) is 22.9 Å². The highest BCUT2D eigenvalue weighted by Crippen LogP contribution is 2.52. The van der Waals surface area contributed by atoms with Crippen molar-refractivity contribution in [1.29, 1.82) is 0 Å². The van der Waals surface area contributed by atoms with Crippen molar-refractivity contribution in [3.05, 3.63) is 48.1 Å². The SMILES string of the molecule is Cc1nn(C(C)C)cc1S(=O)(=O)N1[C@H]2CC[C@@H](C2)[C@H]1c1nc(-c2ccccc2)no1. The summed E-state index contributed by atoms with van der Waals surface area (Å²) < 4.78 is 36.4. The molecule has 1 aliphatic carbocycles. The molecule has 2 aliphatic rings. The Labute approximate surface area is 175 Å². The van der Waals surface area contributed by atoms with Gasteiger partial charge in [0, 0.05) is 23.8 Å². The van der Waals surface area contributed by atoms with E-state index < -0.39 is 16.1 Å². The van der Waals surface area contributed by atoms with E-state index in [1.165, 1.54) is 0 Å². The molecule has 0 radical (unpaired) electrons. The second-order valence-electron chi connectivity index (χ2n) is 8.48. The predicted octanol–water partition coefficient (Wildman–Crippen LogP) is 3.74. The summed E-state index contributed by atoms with van der Waals surface area (Å²) in [6, 6.07) is 9.18. The highest BCUT2D eigenvalue weighted by Gasteiger charge is 2.54. The van der Waals surface area contributed by atoms with Crippen LogP contribution in [-0.2, 0) is 10.0 Å². The van der Waals surface area contributed by atoms with Crippen molar-refractivity contribution < 1.29 is 12.9 Å². The Morgan fingerprint density at radius 1 is 1.17 bits per heavy atom. The number of aromatic nitrogens is 4. The van der Waals surface area contributed by atoms with Crippen molar-refractivity contribution in [2.45, 2.75) is 63.1 Å². The van der Waals surface area contributed by atoms with Crippen LogP contribution in [0.25, 0.3) is 11.4 Å². The van der Waals surface area contributed by atoms with Crippen LogP contribution in [-0.4, -0.2) is 38.7 Å². The second-order valence-corrected chi connectivity index (χ2v) is 10.3. The first-order chi connectivity index (χ1) is 14.4. The Bertz CT molecular complexity index is 1170. The number of hydrogen-bond donors (Lipinski definition) is 0. The lowest BCUT2D eigenvalue weighted by Gasteiger charge is -2.31. The summed E-state index contributed by atoms with van der Waals surface area (Å²) in [6.07, 6.45) is 4.29. The third-order valence-corrected chi connectivity index (χ3v) is 8.25. The van der Waals surface area contributed by atoms with Gasteiger partial charge < -0.3 is 4.52 Å². The maximum atomic E-state index is 13.7. The smallest absolute Gasteiger partial charge is 0.247 e. The minimum Gasteiger partial charge on any atom is -0.337 e. The lowest BCUT2D eigenvalue weighted by atomic mass is 10.00. The lowest BCUT2D eigenvalue weighted by Crippen LogP contribution is -2.40. The maximum Gasteiger partial charge on any atom is 0.247 e. The Morgan fingerprint density at radius 3 is 2.63 bits per heavy atom. The van der Waals surface area contributed by atoms with Crippen LogP contribution >= 0.6 is 0 Å². The normalized spacial score (nSPS) is 24.2. The average molecular weight is 428 g/mol. The first kappa shape index (κ1) is 19.4. The van der Waals surface area contributed by atoms with Crippen molar-refractivity contribution in [2.24, 2.45) is 5.92 Å². The molecule has 9 heteroatoms. The van der Waals surface area contributed by atoms with Crippen molar-refractivity contribution in [2.75, 3.05) is 0 Å². The molecule has 2 aromatic heterocycles. The van der Waals surface area contributed by atoms with Crippen LogP contribution < -0.4 is 0 Å². The van der Waals surface area contributed by atoms with Crippen molar-refractivity contribution in [3.8, 4) is 11.4 Å². The largest absolute Gasteiger partial charge is 0.337 e. The predicted molar refractivity (Wildman–Crippen MR) is 110 cm³/mol. The van der Waals surface area contributed by atoms with Crippen molar-refractivity contribution >= 4 is 10.0 Å². The fraction of sp³-hybridized carbons (Fsp3) is 0.476. The maximum absolute atomic E-state index is 13.7. The zero-order valence-electron chi connectivity index (χ0n) is 17.3. The van der Waals surface area contributed by atoms with Crippen LogP contribution in [0.3, 0.4) is 0 Å². The topological polar surface area (TPSA) is 94.1 Å². The zero-order valence-corrected chi connectivity index (χ0v) is 18.1. The molecule has 3 atom stereocenters. The summed E-state index contributed by atoms with van der Waals surface area (Å²) in [7, 11) is -3.74. The van der Waals surface area contributed by atoms with Gasteiger partial charge in [-0.3, -0.25) is 4.68 Å². The molecule has 158 valence electrons. The third kappa shape index (κ3) is 2.99. The van der Waals surface area contributed by atoms with Gasteiger partial charge in [-0.05, 0) is 46.0 Å². The molecule has 0 amide bonds. The fourth-order valence-electron chi connectivity index (χ4n) is 4.76. The number of hydrogen-bond acceptors (Lipinski definition) is 6. The number of aryl methyl sites for hydroxylation is 1. The monoisotopic (exact) mass is 427 g/mol. The van der Waals surface area contributed by atoms with E-state index >= 15 is 0 Å². The van der Waals surface area contributed by atoms with Crippen molar-refractivity contribution in [1.82, 2.24) is 24.2 Å². The van der Waals surface area contributed by atoms with Gasteiger partial charge in [-0.25, -0.2) is 8.42 Å². The number of benzene rings is 1. The Morgan fingerprint density at radius 2 is 1.93 bits per heavy atom. The molecule has 1 saturated heterocycles. The summed E-state index contributed by atoms with van der Waals surface area (Å²) in [5.74, 6) is 1.04.